The van der Waals surface area contributed by atoms with E-state index in [0.717, 1.165) is 0 Å². The predicted octanol–water partition coefficient (Wildman–Crippen LogP) is 5.73. The van der Waals surface area contributed by atoms with Crippen molar-refractivity contribution in [3.05, 3.63) is 76.7 Å². The molecule has 48 heavy (non-hydrogen) atoms. The summed E-state index contributed by atoms with van der Waals surface area (Å²) in [6, 6.07) is 8.98. The van der Waals surface area contributed by atoms with Gasteiger partial charge in [0.25, 0.3) is 0 Å². The van der Waals surface area contributed by atoms with Gasteiger partial charge in [-0.15, -0.1) is 6.67 Å². The first kappa shape index (κ1) is 41.1. The summed E-state index contributed by atoms with van der Waals surface area (Å²) in [6.45, 7) is 20.0. The molecule has 0 saturated carbocycles. The van der Waals surface area contributed by atoms with Crippen molar-refractivity contribution < 1.29 is 60.5 Å². The van der Waals surface area contributed by atoms with Crippen LogP contribution in [0.25, 0.3) is 0 Å². The number of ether oxygens (including phenoxy) is 4. The molecule has 0 N–H and O–H groups in total. The van der Waals surface area contributed by atoms with Crippen molar-refractivity contribution in [1.82, 2.24) is 0 Å². The van der Waals surface area contributed by atoms with E-state index in [4.69, 9.17) is 31.6 Å². The number of Topliss-reactive ketones (excluding diaryl/α,β-unsaturated/α-hetero) is 1. The second-order valence-corrected chi connectivity index (χ2v) is 12.8. The Morgan fingerprint density at radius 2 is 1.15 bits per heavy atom. The summed E-state index contributed by atoms with van der Waals surface area (Å²) in [7, 11) is 0. The third-order valence-electron chi connectivity index (χ3n) is 7.79. The Bertz CT molecular complexity index is 1420. The molecule has 0 spiro atoms. The van der Waals surface area contributed by atoms with Gasteiger partial charge in [0.2, 0.25) is 0 Å². The molecule has 5 atom stereocenters. The molecule has 267 valence electrons. The van der Waals surface area contributed by atoms with Crippen LogP contribution in [-0.2, 0) is 73.1 Å². The molecule has 4 rings (SSSR count). The fourth-order valence-corrected chi connectivity index (χ4v) is 6.76. The van der Waals surface area contributed by atoms with Crippen LogP contribution < -0.4 is 9.80 Å². The average Bonchev–Trinajstić information content (AvgIpc) is 3.38. The summed E-state index contributed by atoms with van der Waals surface area (Å²) in [5.74, 6) is -2.61. The third-order valence-corrected chi connectivity index (χ3v) is 8.17. The van der Waals surface area contributed by atoms with E-state index in [0.29, 0.717) is 0 Å². The van der Waals surface area contributed by atoms with Gasteiger partial charge in [0.05, 0.1) is 0 Å². The molecule has 10 nitrogen and oxygen atoms in total. The topological polar surface area (TPSA) is 112 Å². The number of ketones is 1. The van der Waals surface area contributed by atoms with E-state index in [9.17, 15) is 19.2 Å². The van der Waals surface area contributed by atoms with E-state index in [-0.39, 0.29) is 41.2 Å². The van der Waals surface area contributed by atoms with Crippen LogP contribution in [-0.4, -0.2) is 54.0 Å². The second kappa shape index (κ2) is 18.1. The average molecular weight is 864 g/mol. The van der Waals surface area contributed by atoms with Gasteiger partial charge in [-0.25, -0.2) is 0 Å². The Hall–Kier alpha value is -3.09. The van der Waals surface area contributed by atoms with Crippen LogP contribution in [0, 0.1) is 54.1 Å². The molecule has 2 aromatic rings. The van der Waals surface area contributed by atoms with Gasteiger partial charge in [-0.05, 0) is 88.6 Å². The molecule has 1 fully saturated rings. The van der Waals surface area contributed by atoms with Crippen molar-refractivity contribution in [2.45, 2.75) is 99.4 Å². The molecule has 2 aliphatic rings. The minimum absolute atomic E-state index is 0. The molecule has 0 aliphatic carbocycles. The molecule has 1 saturated heterocycles. The molecule has 2 aromatic carbocycles. The van der Waals surface area contributed by atoms with Crippen LogP contribution in [0.15, 0.2) is 36.7 Å². The first-order valence-electron chi connectivity index (χ1n) is 15.5. The number of carbonyl (C=O) groups is 4. The number of carbonyl (C=O) groups excluding carboxylic acids is 4. The van der Waals surface area contributed by atoms with Crippen molar-refractivity contribution >= 4 is 47.7 Å². The van der Waals surface area contributed by atoms with Gasteiger partial charge in [0, 0.05) is 66.9 Å². The second-order valence-electron chi connectivity index (χ2n) is 12.3. The van der Waals surface area contributed by atoms with E-state index < -0.39 is 47.6 Å². The Morgan fingerprint density at radius 3 is 1.52 bits per heavy atom. The van der Waals surface area contributed by atoms with E-state index in [2.05, 4.69) is 94.7 Å². The van der Waals surface area contributed by atoms with Crippen LogP contribution in [0.2, 0.25) is 0 Å². The Morgan fingerprint density at radius 1 is 0.729 bits per heavy atom. The maximum atomic E-state index is 11.6. The van der Waals surface area contributed by atoms with Crippen LogP contribution in [0.3, 0.4) is 0 Å². The minimum atomic E-state index is -0.967. The minimum Gasteiger partial charge on any atom is -0.758 e. The van der Waals surface area contributed by atoms with Gasteiger partial charge in [-0.3, -0.25) is 14.4 Å². The van der Waals surface area contributed by atoms with Gasteiger partial charge in [-0.2, -0.15) is 0 Å². The normalized spacial score (nSPS) is 21.4. The molecule has 0 aromatic heterocycles. The van der Waals surface area contributed by atoms with Gasteiger partial charge in [0.1, 0.15) is 30.7 Å². The number of benzene rings is 2. The molecule has 12 heteroatoms. The SMILES string of the molecule is CC(=O)CC1C(OC(C)=O)C([S-])OC(COC(C)=O)C1OC(C)=O.Cc1cc(C)c(N2C=CN(c3c(C)cc(C)cc3C)[CH-]2)c(C)c1.[Au]. The summed E-state index contributed by atoms with van der Waals surface area (Å²) in [5, 5.41) is 0. The molecular weight excluding hydrogens is 817 g/mol. The fourth-order valence-electron chi connectivity index (χ4n) is 6.36. The van der Waals surface area contributed by atoms with Crippen molar-refractivity contribution in [3.63, 3.8) is 0 Å². The van der Waals surface area contributed by atoms with Gasteiger partial charge in [0.15, 0.2) is 0 Å². The summed E-state index contributed by atoms with van der Waals surface area (Å²) < 4.78 is 20.9. The van der Waals surface area contributed by atoms with Crippen molar-refractivity contribution in [1.29, 1.82) is 0 Å². The van der Waals surface area contributed by atoms with E-state index >= 15 is 0 Å². The number of esters is 3. The Labute approximate surface area is 305 Å². The van der Waals surface area contributed by atoms with Crippen molar-refractivity contribution in [2.24, 2.45) is 5.92 Å². The van der Waals surface area contributed by atoms with Crippen LogP contribution >= 0.6 is 0 Å². The monoisotopic (exact) mass is 863 g/mol. The number of hydrogen-bond donors (Lipinski definition) is 0. The number of aryl methyl sites for hydroxylation is 6. The quantitative estimate of drug-likeness (QED) is 0.107. The molecule has 2 heterocycles. The van der Waals surface area contributed by atoms with Crippen LogP contribution in [0.5, 0.6) is 0 Å². The van der Waals surface area contributed by atoms with Crippen molar-refractivity contribution in [2.75, 3.05) is 16.4 Å². The fraction of sp³-hybridized carbons (Fsp3) is 0.472. The zero-order valence-electron chi connectivity index (χ0n) is 29.2. The van der Waals surface area contributed by atoms with Gasteiger partial charge in [-0.1, -0.05) is 35.4 Å². The van der Waals surface area contributed by atoms with E-state index in [1.165, 1.54) is 72.5 Å². The number of rotatable bonds is 8. The van der Waals surface area contributed by atoms with Crippen molar-refractivity contribution in [3.8, 4) is 0 Å². The summed E-state index contributed by atoms with van der Waals surface area (Å²) in [4.78, 5) is 49.9. The first-order chi connectivity index (χ1) is 22.0. The zero-order valence-corrected chi connectivity index (χ0v) is 32.2. The Kier molecular flexibility index (Phi) is 15.5. The summed E-state index contributed by atoms with van der Waals surface area (Å²) in [6.07, 6.45) is 1.54. The molecule has 1 radical (unpaired) electrons. The standard InChI is InChI=1S/C21H25N2.C15H22O8S.Au/c1-14-9-16(3)20(17(4)10-14)22-7-8-23(13-22)21-18(5)11-15(2)12-19(21)6;1-7(16)5-11-13(21-9(3)18)12(6-20-8(2)17)23-15(24)14(11)22-10(4)19;/h7-13H,1-6H3;11-15,24H,5-6H2,1-4H3;/q-1;;/p-1. The van der Waals surface area contributed by atoms with Crippen LogP contribution in [0.1, 0.15) is 67.5 Å². The number of nitrogens with zero attached hydrogens (tertiary/aromatic N) is 2. The van der Waals surface area contributed by atoms with E-state index in [1.807, 2.05) is 0 Å². The number of hydrogen-bond acceptors (Lipinski definition) is 11. The zero-order chi connectivity index (χ0) is 35.2. The maximum absolute atomic E-state index is 11.6. The van der Waals surface area contributed by atoms with Crippen LogP contribution in [0.4, 0.5) is 11.4 Å². The molecule has 2 aliphatic heterocycles. The number of anilines is 2. The van der Waals surface area contributed by atoms with Gasteiger partial charge >= 0.3 is 17.9 Å². The largest absolute Gasteiger partial charge is 0.758 e. The smallest absolute Gasteiger partial charge is 0.303 e. The van der Waals surface area contributed by atoms with Gasteiger partial charge < -0.3 is 46.2 Å². The third kappa shape index (κ3) is 11.0. The molecule has 0 amide bonds. The Balaban J connectivity index is 0.000000327. The van der Waals surface area contributed by atoms with E-state index in [1.54, 1.807) is 0 Å². The summed E-state index contributed by atoms with van der Waals surface area (Å²) in [5.41, 5.74) is 9.44. The predicted molar refractivity (Wildman–Crippen MR) is 182 cm³/mol. The maximum Gasteiger partial charge on any atom is 0.303 e. The molecule has 0 bridgehead atoms. The molecule has 5 unspecified atom stereocenters. The first-order valence-corrected chi connectivity index (χ1v) is 16.0. The molecular formula is C36H46AuN2O8S-2. The summed E-state index contributed by atoms with van der Waals surface area (Å²) >= 11 is 5.19.